The van der Waals surface area contributed by atoms with Crippen molar-refractivity contribution in [2.24, 2.45) is 0 Å². The number of fused-ring (bicyclic) bond motifs is 1. The molecule has 0 bridgehead atoms. The number of hydrogen-bond donors (Lipinski definition) is 0. The molecular weight excluding hydrogens is 328 g/mol. The highest BCUT2D eigenvalue weighted by atomic mass is 79.9. The smallest absolute Gasteiger partial charge is 0.183 e. The summed E-state index contributed by atoms with van der Waals surface area (Å²) >= 11 is 3.37. The summed E-state index contributed by atoms with van der Waals surface area (Å²) in [5.74, 6) is 0.0793. The van der Waals surface area contributed by atoms with E-state index in [-0.39, 0.29) is 5.78 Å². The van der Waals surface area contributed by atoms with Gasteiger partial charge in [0, 0.05) is 6.42 Å². The number of carbonyl (C=O) groups is 1. The standard InChI is InChI=1S/C17H21BrN2O/c1-2-3-4-5-6-7-12-15(21)16-17(18)20-14-11-9-8-10-13(14)19-16/h8-11H,2-7,12H2,1H3. The summed E-state index contributed by atoms with van der Waals surface area (Å²) in [4.78, 5) is 21.1. The maximum absolute atomic E-state index is 12.3. The average Bonchev–Trinajstić information content (AvgIpc) is 2.49. The van der Waals surface area contributed by atoms with Crippen LogP contribution >= 0.6 is 15.9 Å². The maximum atomic E-state index is 12.3. The normalized spacial score (nSPS) is 11.0. The molecule has 4 heteroatoms. The van der Waals surface area contributed by atoms with Crippen LogP contribution in [0.2, 0.25) is 0 Å². The lowest BCUT2D eigenvalue weighted by Crippen LogP contribution is -2.05. The Balaban J connectivity index is 1.94. The molecule has 1 aromatic heterocycles. The molecule has 3 nitrogen and oxygen atoms in total. The molecule has 0 unspecified atom stereocenters. The number of Topliss-reactive ketones (excluding diaryl/α,β-unsaturated/α-hetero) is 1. The van der Waals surface area contributed by atoms with Crippen molar-refractivity contribution in [3.05, 3.63) is 34.6 Å². The van der Waals surface area contributed by atoms with Crippen molar-refractivity contribution < 1.29 is 4.79 Å². The molecule has 0 aliphatic rings. The molecule has 0 amide bonds. The van der Waals surface area contributed by atoms with Gasteiger partial charge in [-0.2, -0.15) is 0 Å². The highest BCUT2D eigenvalue weighted by molar-refractivity contribution is 9.10. The first-order valence-corrected chi connectivity index (χ1v) is 8.47. The van der Waals surface area contributed by atoms with E-state index in [0.29, 0.717) is 16.7 Å². The number of para-hydroxylation sites is 2. The van der Waals surface area contributed by atoms with E-state index in [4.69, 9.17) is 0 Å². The first-order chi connectivity index (χ1) is 10.2. The largest absolute Gasteiger partial charge is 0.292 e. The SMILES string of the molecule is CCCCCCCCC(=O)c1nc2ccccc2nc1Br. The zero-order valence-corrected chi connectivity index (χ0v) is 14.0. The second kappa shape index (κ2) is 8.23. The van der Waals surface area contributed by atoms with Gasteiger partial charge in [-0.15, -0.1) is 0 Å². The number of carbonyl (C=O) groups excluding carboxylic acids is 1. The molecule has 2 aromatic rings. The fourth-order valence-electron chi connectivity index (χ4n) is 2.34. The molecular formula is C17H21BrN2O. The molecule has 0 atom stereocenters. The Morgan fingerprint density at radius 1 is 1.00 bits per heavy atom. The quantitative estimate of drug-likeness (QED) is 0.478. The predicted octanol–water partition coefficient (Wildman–Crippen LogP) is 5.33. The minimum absolute atomic E-state index is 0.0793. The molecule has 0 aliphatic heterocycles. The summed E-state index contributed by atoms with van der Waals surface area (Å²) in [5.41, 5.74) is 2.04. The molecule has 1 aromatic carbocycles. The Bertz CT molecular complexity index is 613. The average molecular weight is 349 g/mol. The summed E-state index contributed by atoms with van der Waals surface area (Å²) in [6.07, 6.45) is 7.62. The van der Waals surface area contributed by atoms with Crippen molar-refractivity contribution in [3.8, 4) is 0 Å². The molecule has 0 fully saturated rings. The van der Waals surface area contributed by atoms with Gasteiger partial charge in [0.2, 0.25) is 0 Å². The predicted molar refractivity (Wildman–Crippen MR) is 89.6 cm³/mol. The van der Waals surface area contributed by atoms with E-state index >= 15 is 0 Å². The zero-order chi connectivity index (χ0) is 15.1. The first kappa shape index (κ1) is 16.1. The number of aromatic nitrogens is 2. The Hall–Kier alpha value is -1.29. The van der Waals surface area contributed by atoms with Gasteiger partial charge >= 0.3 is 0 Å². The van der Waals surface area contributed by atoms with Crippen LogP contribution in [0.15, 0.2) is 28.9 Å². The number of ketones is 1. The topological polar surface area (TPSA) is 42.9 Å². The van der Waals surface area contributed by atoms with Crippen LogP contribution in [0.5, 0.6) is 0 Å². The van der Waals surface area contributed by atoms with Gasteiger partial charge in [-0.25, -0.2) is 9.97 Å². The van der Waals surface area contributed by atoms with E-state index < -0.39 is 0 Å². The lowest BCUT2D eigenvalue weighted by molar-refractivity contribution is 0.0973. The van der Waals surface area contributed by atoms with E-state index in [2.05, 4.69) is 32.8 Å². The van der Waals surface area contributed by atoms with Gasteiger partial charge in [0.1, 0.15) is 10.3 Å². The van der Waals surface area contributed by atoms with Crippen LogP contribution in [0.25, 0.3) is 11.0 Å². The van der Waals surface area contributed by atoms with Gasteiger partial charge in [0.25, 0.3) is 0 Å². The molecule has 0 aliphatic carbocycles. The molecule has 0 N–H and O–H groups in total. The highest BCUT2D eigenvalue weighted by Crippen LogP contribution is 2.19. The van der Waals surface area contributed by atoms with Crippen LogP contribution in [0.1, 0.15) is 62.4 Å². The molecule has 1 heterocycles. The molecule has 0 radical (unpaired) electrons. The van der Waals surface area contributed by atoms with Crippen molar-refractivity contribution in [2.75, 3.05) is 0 Å². The Morgan fingerprint density at radius 2 is 1.62 bits per heavy atom. The van der Waals surface area contributed by atoms with Gasteiger partial charge in [0.05, 0.1) is 11.0 Å². The van der Waals surface area contributed by atoms with Crippen LogP contribution in [0, 0.1) is 0 Å². The van der Waals surface area contributed by atoms with Crippen molar-refractivity contribution in [1.29, 1.82) is 0 Å². The summed E-state index contributed by atoms with van der Waals surface area (Å²) in [6.45, 7) is 2.21. The second-order valence-corrected chi connectivity index (χ2v) is 6.04. The van der Waals surface area contributed by atoms with Crippen molar-refractivity contribution >= 4 is 32.7 Å². The van der Waals surface area contributed by atoms with E-state index in [1.165, 1.54) is 25.7 Å². The summed E-state index contributed by atoms with van der Waals surface area (Å²) in [6, 6.07) is 7.61. The van der Waals surface area contributed by atoms with Crippen LogP contribution < -0.4 is 0 Å². The summed E-state index contributed by atoms with van der Waals surface area (Å²) < 4.78 is 0.553. The highest BCUT2D eigenvalue weighted by Gasteiger charge is 2.14. The molecule has 21 heavy (non-hydrogen) atoms. The number of halogens is 1. The molecule has 0 spiro atoms. The fourth-order valence-corrected chi connectivity index (χ4v) is 2.84. The fraction of sp³-hybridized carbons (Fsp3) is 0.471. The lowest BCUT2D eigenvalue weighted by atomic mass is 10.1. The maximum Gasteiger partial charge on any atom is 0.183 e. The second-order valence-electron chi connectivity index (χ2n) is 5.29. The van der Waals surface area contributed by atoms with Crippen LogP contribution in [0.4, 0.5) is 0 Å². The number of nitrogens with zero attached hydrogens (tertiary/aromatic N) is 2. The molecule has 2 rings (SSSR count). The Kier molecular flexibility index (Phi) is 6.30. The van der Waals surface area contributed by atoms with Crippen LogP contribution in [0.3, 0.4) is 0 Å². The zero-order valence-electron chi connectivity index (χ0n) is 12.4. The third-order valence-corrected chi connectivity index (χ3v) is 4.10. The van der Waals surface area contributed by atoms with E-state index in [1.54, 1.807) is 0 Å². The van der Waals surface area contributed by atoms with Gasteiger partial charge in [-0.05, 0) is 34.5 Å². The number of benzene rings is 1. The molecule has 112 valence electrons. The Morgan fingerprint density at radius 3 is 2.33 bits per heavy atom. The summed E-state index contributed by atoms with van der Waals surface area (Å²) in [7, 11) is 0. The van der Waals surface area contributed by atoms with Crippen molar-refractivity contribution in [3.63, 3.8) is 0 Å². The van der Waals surface area contributed by atoms with E-state index in [9.17, 15) is 4.79 Å². The van der Waals surface area contributed by atoms with E-state index in [1.807, 2.05) is 24.3 Å². The van der Waals surface area contributed by atoms with Gasteiger partial charge in [-0.3, -0.25) is 4.79 Å². The molecule has 0 saturated carbocycles. The number of unbranched alkanes of at least 4 members (excludes halogenated alkanes) is 5. The van der Waals surface area contributed by atoms with Crippen LogP contribution in [-0.2, 0) is 0 Å². The minimum atomic E-state index is 0.0793. The molecule has 0 saturated heterocycles. The number of rotatable bonds is 8. The third kappa shape index (κ3) is 4.60. The lowest BCUT2D eigenvalue weighted by Gasteiger charge is -2.05. The van der Waals surface area contributed by atoms with Crippen LogP contribution in [-0.4, -0.2) is 15.8 Å². The van der Waals surface area contributed by atoms with Gasteiger partial charge in [-0.1, -0.05) is 51.2 Å². The number of hydrogen-bond acceptors (Lipinski definition) is 3. The van der Waals surface area contributed by atoms with Crippen molar-refractivity contribution in [2.45, 2.75) is 51.9 Å². The van der Waals surface area contributed by atoms with Gasteiger partial charge in [0.15, 0.2) is 5.78 Å². The monoisotopic (exact) mass is 348 g/mol. The van der Waals surface area contributed by atoms with Gasteiger partial charge < -0.3 is 0 Å². The van der Waals surface area contributed by atoms with E-state index in [0.717, 1.165) is 23.9 Å². The first-order valence-electron chi connectivity index (χ1n) is 7.68. The third-order valence-electron chi connectivity index (χ3n) is 3.55. The summed E-state index contributed by atoms with van der Waals surface area (Å²) in [5, 5.41) is 0. The Labute approximate surface area is 134 Å². The van der Waals surface area contributed by atoms with Crippen molar-refractivity contribution in [1.82, 2.24) is 9.97 Å². The minimum Gasteiger partial charge on any atom is -0.292 e.